The van der Waals surface area contributed by atoms with Crippen LogP contribution in [0.25, 0.3) is 11.0 Å². The van der Waals surface area contributed by atoms with Crippen LogP contribution < -0.4 is 5.69 Å². The topological polar surface area (TPSA) is 41.0 Å². The van der Waals surface area contributed by atoms with Gasteiger partial charge in [0.1, 0.15) is 0 Å². The number of nitrogens with one attached hydrogen (secondary N) is 1. The fourth-order valence-corrected chi connectivity index (χ4v) is 6.21. The van der Waals surface area contributed by atoms with E-state index in [-0.39, 0.29) is 17.3 Å². The second kappa shape index (κ2) is 8.65. The Bertz CT molecular complexity index is 1100. The molecule has 164 valence electrons. The minimum atomic E-state index is -0.0703. The van der Waals surface area contributed by atoms with Crippen LogP contribution in [0, 0.1) is 0 Å². The third-order valence-corrected chi connectivity index (χ3v) is 8.16. The lowest BCUT2D eigenvalue weighted by atomic mass is 9.79. The van der Waals surface area contributed by atoms with Crippen LogP contribution in [0.1, 0.15) is 63.0 Å². The van der Waals surface area contributed by atoms with Crippen LogP contribution in [0.4, 0.5) is 0 Å². The van der Waals surface area contributed by atoms with E-state index in [0.29, 0.717) is 10.0 Å². The standard InChI is InChI=1S/C25H29Cl2N3O/c26-20-16-22-23(17-21(20)27)30(24(31)28-22)19-10-14-29(15-11-19)25(12-6-1-2-7-13-25)18-8-4-3-5-9-18/h3-5,8-9,16-17,19H,1-2,6-7,10-15H2,(H,28,31). The van der Waals surface area contributed by atoms with E-state index < -0.39 is 0 Å². The molecule has 0 atom stereocenters. The van der Waals surface area contributed by atoms with Crippen molar-refractivity contribution in [1.82, 2.24) is 14.5 Å². The summed E-state index contributed by atoms with van der Waals surface area (Å²) in [5.74, 6) is 0. The van der Waals surface area contributed by atoms with Crippen molar-refractivity contribution < 1.29 is 0 Å². The van der Waals surface area contributed by atoms with Crippen LogP contribution in [-0.4, -0.2) is 27.5 Å². The van der Waals surface area contributed by atoms with E-state index in [1.54, 1.807) is 6.07 Å². The second-order valence-corrected chi connectivity index (χ2v) is 9.93. The summed E-state index contributed by atoms with van der Waals surface area (Å²) in [5.41, 5.74) is 3.13. The first-order valence-electron chi connectivity index (χ1n) is 11.5. The fourth-order valence-electron chi connectivity index (χ4n) is 5.88. The molecular formula is C25H29Cl2N3O. The molecule has 2 heterocycles. The van der Waals surface area contributed by atoms with Gasteiger partial charge in [0.15, 0.2) is 0 Å². The van der Waals surface area contributed by atoms with Crippen LogP contribution in [0.15, 0.2) is 47.3 Å². The lowest BCUT2D eigenvalue weighted by molar-refractivity contribution is 0.0356. The van der Waals surface area contributed by atoms with E-state index in [2.05, 4.69) is 40.2 Å². The predicted molar refractivity (Wildman–Crippen MR) is 128 cm³/mol. The molecule has 2 aromatic carbocycles. The lowest BCUT2D eigenvalue weighted by Gasteiger charge is -2.47. The molecule has 0 amide bonds. The molecule has 2 aliphatic rings. The molecule has 5 rings (SSSR count). The molecule has 0 radical (unpaired) electrons. The van der Waals surface area contributed by atoms with Gasteiger partial charge in [-0.25, -0.2) is 4.79 Å². The van der Waals surface area contributed by atoms with Crippen molar-refractivity contribution in [2.75, 3.05) is 13.1 Å². The van der Waals surface area contributed by atoms with Crippen LogP contribution in [-0.2, 0) is 5.54 Å². The quantitative estimate of drug-likeness (QED) is 0.454. The molecular weight excluding hydrogens is 429 g/mol. The van der Waals surface area contributed by atoms with Crippen LogP contribution in [0.2, 0.25) is 10.0 Å². The molecule has 6 heteroatoms. The number of rotatable bonds is 3. The minimum absolute atomic E-state index is 0.0703. The maximum Gasteiger partial charge on any atom is 0.326 e. The highest BCUT2D eigenvalue weighted by molar-refractivity contribution is 6.42. The number of hydrogen-bond acceptors (Lipinski definition) is 2. The van der Waals surface area contributed by atoms with Gasteiger partial charge in [0.2, 0.25) is 0 Å². The third kappa shape index (κ3) is 3.83. The first-order chi connectivity index (χ1) is 15.1. The third-order valence-electron chi connectivity index (χ3n) is 7.44. The highest BCUT2D eigenvalue weighted by atomic mass is 35.5. The average Bonchev–Trinajstić information content (AvgIpc) is 2.95. The monoisotopic (exact) mass is 457 g/mol. The summed E-state index contributed by atoms with van der Waals surface area (Å²) in [7, 11) is 0. The second-order valence-electron chi connectivity index (χ2n) is 9.11. The van der Waals surface area contributed by atoms with E-state index in [4.69, 9.17) is 23.2 Å². The molecule has 1 saturated heterocycles. The molecule has 1 aliphatic heterocycles. The number of aromatic nitrogens is 2. The Morgan fingerprint density at radius 3 is 2.23 bits per heavy atom. The molecule has 0 bridgehead atoms. The highest BCUT2D eigenvalue weighted by Crippen LogP contribution is 2.43. The summed E-state index contributed by atoms with van der Waals surface area (Å²) in [4.78, 5) is 18.5. The summed E-state index contributed by atoms with van der Waals surface area (Å²) >= 11 is 12.4. The van der Waals surface area contributed by atoms with Gasteiger partial charge in [-0.05, 0) is 43.4 Å². The summed E-state index contributed by atoms with van der Waals surface area (Å²) in [5, 5.41) is 0.955. The molecule has 1 N–H and O–H groups in total. The van der Waals surface area contributed by atoms with Gasteiger partial charge in [-0.15, -0.1) is 0 Å². The van der Waals surface area contributed by atoms with Gasteiger partial charge in [0.05, 0.1) is 21.1 Å². The van der Waals surface area contributed by atoms with Crippen molar-refractivity contribution in [3.05, 3.63) is 68.6 Å². The number of piperidine rings is 1. The van der Waals surface area contributed by atoms with Crippen molar-refractivity contribution in [2.24, 2.45) is 0 Å². The maximum absolute atomic E-state index is 12.8. The molecule has 1 aromatic heterocycles. The van der Waals surface area contributed by atoms with Gasteiger partial charge < -0.3 is 4.98 Å². The molecule has 1 aliphatic carbocycles. The molecule has 2 fully saturated rings. The van der Waals surface area contributed by atoms with Crippen molar-refractivity contribution in [3.8, 4) is 0 Å². The van der Waals surface area contributed by atoms with E-state index in [9.17, 15) is 4.79 Å². The van der Waals surface area contributed by atoms with E-state index in [1.165, 1.54) is 44.1 Å². The Labute approximate surface area is 193 Å². The van der Waals surface area contributed by atoms with Crippen LogP contribution in [0.3, 0.4) is 0 Å². The maximum atomic E-state index is 12.8. The Morgan fingerprint density at radius 2 is 1.55 bits per heavy atom. The average molecular weight is 458 g/mol. The largest absolute Gasteiger partial charge is 0.326 e. The smallest absolute Gasteiger partial charge is 0.305 e. The van der Waals surface area contributed by atoms with E-state index in [1.807, 2.05) is 10.6 Å². The van der Waals surface area contributed by atoms with Gasteiger partial charge in [0, 0.05) is 24.7 Å². The normalized spacial score (nSPS) is 20.7. The number of hydrogen-bond donors (Lipinski definition) is 1. The van der Waals surface area contributed by atoms with Crippen LogP contribution in [0.5, 0.6) is 0 Å². The van der Waals surface area contributed by atoms with Crippen molar-refractivity contribution >= 4 is 34.2 Å². The number of imidazole rings is 1. The Kier molecular flexibility index (Phi) is 5.89. The Hall–Kier alpha value is -1.75. The van der Waals surface area contributed by atoms with Crippen molar-refractivity contribution in [1.29, 1.82) is 0 Å². The molecule has 1 saturated carbocycles. The first kappa shape index (κ1) is 21.1. The Balaban J connectivity index is 1.43. The van der Waals surface area contributed by atoms with Crippen molar-refractivity contribution in [2.45, 2.75) is 62.9 Å². The van der Waals surface area contributed by atoms with Gasteiger partial charge in [0.25, 0.3) is 0 Å². The van der Waals surface area contributed by atoms with E-state index in [0.717, 1.165) is 37.0 Å². The zero-order valence-corrected chi connectivity index (χ0v) is 19.3. The molecule has 0 spiro atoms. The highest BCUT2D eigenvalue weighted by Gasteiger charge is 2.40. The minimum Gasteiger partial charge on any atom is -0.305 e. The fraction of sp³-hybridized carbons (Fsp3) is 0.480. The first-order valence-corrected chi connectivity index (χ1v) is 12.2. The van der Waals surface area contributed by atoms with Gasteiger partial charge in [-0.2, -0.15) is 0 Å². The lowest BCUT2D eigenvalue weighted by Crippen LogP contribution is -2.50. The van der Waals surface area contributed by atoms with Gasteiger partial charge in [-0.3, -0.25) is 9.47 Å². The number of nitrogens with zero attached hydrogens (tertiary/aromatic N) is 2. The molecule has 0 unspecified atom stereocenters. The molecule has 31 heavy (non-hydrogen) atoms. The van der Waals surface area contributed by atoms with E-state index >= 15 is 0 Å². The number of H-pyrrole nitrogens is 1. The number of likely N-dealkylation sites (tertiary alicyclic amines) is 1. The number of aromatic amines is 1. The zero-order valence-electron chi connectivity index (χ0n) is 17.7. The summed E-state index contributed by atoms with van der Waals surface area (Å²) in [6, 6.07) is 14.8. The molecule has 4 nitrogen and oxygen atoms in total. The number of halogens is 2. The summed E-state index contributed by atoms with van der Waals surface area (Å²) in [6.07, 6.45) is 9.61. The van der Waals surface area contributed by atoms with Crippen molar-refractivity contribution in [3.63, 3.8) is 0 Å². The SMILES string of the molecule is O=c1[nH]c2cc(Cl)c(Cl)cc2n1C1CCN(C2(c3ccccc3)CCCCCC2)CC1. The van der Waals surface area contributed by atoms with Gasteiger partial charge in [-0.1, -0.05) is 79.2 Å². The zero-order chi connectivity index (χ0) is 21.4. The van der Waals surface area contributed by atoms with Crippen LogP contribution >= 0.6 is 23.2 Å². The number of fused-ring (bicyclic) bond motifs is 1. The number of benzene rings is 2. The summed E-state index contributed by atoms with van der Waals surface area (Å²) < 4.78 is 1.90. The molecule has 3 aromatic rings. The predicted octanol–water partition coefficient (Wildman–Crippen LogP) is 6.52. The summed E-state index contributed by atoms with van der Waals surface area (Å²) in [6.45, 7) is 2.00. The van der Waals surface area contributed by atoms with Gasteiger partial charge >= 0.3 is 5.69 Å². The Morgan fingerprint density at radius 1 is 0.903 bits per heavy atom.